The fourth-order valence-corrected chi connectivity index (χ4v) is 11.7. The second-order valence-electron chi connectivity index (χ2n) is 19.2. The Balaban J connectivity index is 0.900. The Morgan fingerprint density at radius 1 is 1.08 bits per heavy atom. The summed E-state index contributed by atoms with van der Waals surface area (Å²) < 4.78 is 18.7. The lowest BCUT2D eigenvalue weighted by atomic mass is 9.61. The van der Waals surface area contributed by atoms with E-state index in [-0.39, 0.29) is 39.7 Å². The van der Waals surface area contributed by atoms with Gasteiger partial charge in [-0.2, -0.15) is 0 Å². The number of piperidine rings is 1. The van der Waals surface area contributed by atoms with Crippen LogP contribution in [0.3, 0.4) is 0 Å². The van der Waals surface area contributed by atoms with Gasteiger partial charge in [-0.3, -0.25) is 9.59 Å². The molecule has 12 nitrogen and oxygen atoms in total. The number of amides is 1. The number of aromatic hydroxyl groups is 1. The smallest absolute Gasteiger partial charge is 0.344 e. The maximum absolute atomic E-state index is 13.5. The van der Waals surface area contributed by atoms with E-state index in [1.54, 1.807) is 31.4 Å². The molecule has 0 radical (unpaired) electrons. The Hall–Kier alpha value is -3.76. The van der Waals surface area contributed by atoms with Crippen LogP contribution >= 0.6 is 22.9 Å². The number of phenolic OH excluding ortho intramolecular Hbond substituents is 1. The van der Waals surface area contributed by atoms with Gasteiger partial charge in [0.2, 0.25) is 11.5 Å². The molecule has 2 aromatic heterocycles. The second kappa shape index (κ2) is 18.8. The van der Waals surface area contributed by atoms with Gasteiger partial charge in [-0.05, 0) is 110 Å². The number of nitrogens with zero attached hydrogens (tertiary/aromatic N) is 1. The van der Waals surface area contributed by atoms with Crippen LogP contribution in [-0.4, -0.2) is 79.7 Å². The predicted molar refractivity (Wildman–Crippen MR) is 248 cm³/mol. The molecule has 1 saturated heterocycles. The summed E-state index contributed by atoms with van der Waals surface area (Å²) in [6.07, 6.45) is 7.06. The van der Waals surface area contributed by atoms with Crippen LogP contribution in [0.2, 0.25) is 23.2 Å². The third-order valence-corrected chi connectivity index (χ3v) is 19.9. The number of esters is 1. The fraction of sp³-hybridized carbons (Fsp3) is 0.553. The van der Waals surface area contributed by atoms with Crippen LogP contribution < -0.4 is 20.9 Å². The van der Waals surface area contributed by atoms with E-state index >= 15 is 0 Å². The van der Waals surface area contributed by atoms with Crippen molar-refractivity contribution < 1.29 is 33.7 Å². The minimum absolute atomic E-state index is 0.00330. The summed E-state index contributed by atoms with van der Waals surface area (Å²) in [5, 5.41) is 31.8. The van der Waals surface area contributed by atoms with Gasteiger partial charge in [0.25, 0.3) is 0 Å². The van der Waals surface area contributed by atoms with E-state index in [1.807, 2.05) is 23.6 Å². The zero-order chi connectivity index (χ0) is 44.5. The number of hydrogen-bond donors (Lipinski definition) is 5. The van der Waals surface area contributed by atoms with Crippen molar-refractivity contribution in [1.82, 2.24) is 15.2 Å². The molecule has 1 spiro atoms. The third kappa shape index (κ3) is 9.96. The van der Waals surface area contributed by atoms with Crippen molar-refractivity contribution in [3.8, 4) is 11.5 Å². The van der Waals surface area contributed by atoms with E-state index in [1.165, 1.54) is 17.4 Å². The summed E-state index contributed by atoms with van der Waals surface area (Å²) in [5.74, 6) is -0.151. The Morgan fingerprint density at radius 3 is 2.47 bits per heavy atom. The normalized spacial score (nSPS) is 19.0. The number of ether oxygens (including phenoxy) is 2. The van der Waals surface area contributed by atoms with Crippen molar-refractivity contribution in [3.63, 3.8) is 0 Å². The topological polar surface area (TPSA) is 162 Å². The molecule has 336 valence electrons. The molecular formula is C47H63ClN4O8SSi. The highest BCUT2D eigenvalue weighted by molar-refractivity contribution is 7.10. The van der Waals surface area contributed by atoms with Gasteiger partial charge in [0, 0.05) is 59.9 Å². The van der Waals surface area contributed by atoms with Gasteiger partial charge in [-0.1, -0.05) is 57.3 Å². The largest absolute Gasteiger partial charge is 0.506 e. The number of rotatable bonds is 16. The van der Waals surface area contributed by atoms with E-state index in [2.05, 4.69) is 54.4 Å². The Kier molecular flexibility index (Phi) is 14.0. The number of halogens is 1. The molecule has 0 bridgehead atoms. The van der Waals surface area contributed by atoms with Gasteiger partial charge in [0.05, 0.1) is 29.4 Å². The number of aromatic amines is 1. The molecule has 1 aliphatic heterocycles. The summed E-state index contributed by atoms with van der Waals surface area (Å²) in [6.45, 7) is 14.1. The third-order valence-electron chi connectivity index (χ3n) is 14.1. The number of methoxy groups -OCH3 is 1. The molecule has 3 heterocycles. The first-order valence-electron chi connectivity index (χ1n) is 22.0. The Bertz CT molecular complexity index is 2280. The number of H-pyrrole nitrogens is 1. The number of hydrogen-bond acceptors (Lipinski definition) is 11. The van der Waals surface area contributed by atoms with E-state index < -0.39 is 26.0 Å². The molecule has 1 amide bonds. The van der Waals surface area contributed by atoms with Crippen molar-refractivity contribution in [3.05, 3.63) is 85.3 Å². The van der Waals surface area contributed by atoms with Crippen LogP contribution in [0, 0.1) is 11.3 Å². The highest BCUT2D eigenvalue weighted by Gasteiger charge is 2.53. The van der Waals surface area contributed by atoms with Crippen molar-refractivity contribution in [2.24, 2.45) is 11.3 Å². The number of carbonyl (C=O) groups excluding carboxylic acids is 2. The van der Waals surface area contributed by atoms with Crippen LogP contribution in [0.1, 0.15) is 101 Å². The van der Waals surface area contributed by atoms with Crippen LogP contribution in [0.4, 0.5) is 5.69 Å². The minimum atomic E-state index is -2.27. The standard InChI is InChI=1S/C47H63ClN4O8SSi/c1-45(2,3)62(5,6)60-39(33-13-15-37(53)43-34(33)14-16-41(54)51-43)29-49-28-30-24-35(48)36(25-38(30)58-4)50-42(55)17-20-52-21-18-46(19-22-52)26-32(27-46)59-44(56)47(57,31-10-7-8-11-31)40-12-9-23-61-40/h9,12-16,23-25,31-32,39,49,53,57H,7-8,10-11,17-22,26-29H2,1-6H3,(H,50,55)(H,51,54)/t39-,47?/m0/s1. The maximum atomic E-state index is 13.5. The summed E-state index contributed by atoms with van der Waals surface area (Å²) >= 11 is 8.19. The van der Waals surface area contributed by atoms with Gasteiger partial charge in [-0.25, -0.2) is 4.79 Å². The molecule has 4 aromatic rings. The van der Waals surface area contributed by atoms with Crippen molar-refractivity contribution >= 4 is 59.7 Å². The lowest BCUT2D eigenvalue weighted by molar-refractivity contribution is -0.192. The molecule has 2 atom stereocenters. The summed E-state index contributed by atoms with van der Waals surface area (Å²) in [5.41, 5.74) is 0.795. The molecule has 2 aromatic carbocycles. The summed E-state index contributed by atoms with van der Waals surface area (Å²) in [4.78, 5) is 44.6. The first-order chi connectivity index (χ1) is 29.4. The zero-order valence-electron chi connectivity index (χ0n) is 36.9. The van der Waals surface area contributed by atoms with E-state index in [9.17, 15) is 24.6 Å². The van der Waals surface area contributed by atoms with Crippen molar-refractivity contribution in [2.45, 2.75) is 121 Å². The van der Waals surface area contributed by atoms with Crippen molar-refractivity contribution in [2.75, 3.05) is 38.6 Å². The lowest BCUT2D eigenvalue weighted by Gasteiger charge is -2.52. The monoisotopic (exact) mass is 906 g/mol. The molecule has 2 saturated carbocycles. The molecule has 7 rings (SSSR count). The number of phenols is 1. The fourth-order valence-electron chi connectivity index (χ4n) is 9.31. The first kappa shape index (κ1) is 46.2. The second-order valence-corrected chi connectivity index (χ2v) is 25.3. The molecule has 5 N–H and O–H groups in total. The van der Waals surface area contributed by atoms with E-state index in [4.69, 9.17) is 25.5 Å². The first-order valence-corrected chi connectivity index (χ1v) is 26.2. The SMILES string of the molecule is COc1cc(NC(=O)CCN2CCC3(CC2)CC(OC(=O)C(O)(c2cccs2)C2CCCC2)C3)c(Cl)cc1CNC[C@H](O[Si](C)(C)C(C)(C)C)c1ccc(O)c2[nH]c(=O)ccc12. The number of benzene rings is 2. The summed E-state index contributed by atoms with van der Waals surface area (Å²) in [7, 11) is -0.688. The maximum Gasteiger partial charge on any atom is 0.344 e. The molecule has 3 fully saturated rings. The van der Waals surface area contributed by atoms with Gasteiger partial charge in [0.1, 0.15) is 17.6 Å². The number of thiophene rings is 1. The summed E-state index contributed by atoms with van der Waals surface area (Å²) in [6, 6.07) is 13.9. The average molecular weight is 908 g/mol. The zero-order valence-corrected chi connectivity index (χ0v) is 39.5. The number of likely N-dealkylation sites (tertiary alicyclic amines) is 1. The van der Waals surface area contributed by atoms with Crippen LogP contribution in [0.25, 0.3) is 10.9 Å². The van der Waals surface area contributed by atoms with Gasteiger partial charge < -0.3 is 44.6 Å². The number of nitrogens with one attached hydrogen (secondary N) is 3. The highest BCUT2D eigenvalue weighted by Crippen LogP contribution is 2.52. The van der Waals surface area contributed by atoms with E-state index in [0.717, 1.165) is 75.6 Å². The molecule has 2 aliphatic carbocycles. The number of carbonyl (C=O) groups is 2. The number of aromatic nitrogens is 1. The molecule has 1 unspecified atom stereocenters. The minimum Gasteiger partial charge on any atom is -0.506 e. The number of fused-ring (bicyclic) bond motifs is 1. The number of pyridine rings is 1. The van der Waals surface area contributed by atoms with Gasteiger partial charge >= 0.3 is 5.97 Å². The molecule has 3 aliphatic rings. The Morgan fingerprint density at radius 2 is 1.81 bits per heavy atom. The lowest BCUT2D eigenvalue weighted by Crippen LogP contribution is -2.52. The van der Waals surface area contributed by atoms with Crippen molar-refractivity contribution in [1.29, 1.82) is 0 Å². The molecule has 62 heavy (non-hydrogen) atoms. The average Bonchev–Trinajstić information content (AvgIpc) is 3.97. The number of aliphatic hydroxyl groups is 1. The molecular weight excluding hydrogens is 844 g/mol. The van der Waals surface area contributed by atoms with Gasteiger partial charge in [0.15, 0.2) is 13.9 Å². The molecule has 15 heteroatoms. The van der Waals surface area contributed by atoms with Crippen LogP contribution in [0.5, 0.6) is 11.5 Å². The van der Waals surface area contributed by atoms with Crippen LogP contribution in [-0.2, 0) is 30.9 Å². The van der Waals surface area contributed by atoms with Crippen LogP contribution in [0.15, 0.2) is 58.7 Å². The number of anilines is 1. The quantitative estimate of drug-likeness (QED) is 0.0542. The van der Waals surface area contributed by atoms with Gasteiger partial charge in [-0.15, -0.1) is 11.3 Å². The predicted octanol–water partition coefficient (Wildman–Crippen LogP) is 9.00. The van der Waals surface area contributed by atoms with E-state index in [0.29, 0.717) is 58.3 Å². The highest BCUT2D eigenvalue weighted by atomic mass is 35.5. The Labute approximate surface area is 374 Å².